The summed E-state index contributed by atoms with van der Waals surface area (Å²) < 4.78 is 77.6. The van der Waals surface area contributed by atoms with E-state index in [9.17, 15) is 31.1 Å². The number of benzene rings is 2. The van der Waals surface area contributed by atoms with Crippen LogP contribution in [0.3, 0.4) is 0 Å². The van der Waals surface area contributed by atoms with Gasteiger partial charge in [-0.2, -0.15) is 26.3 Å². The molecule has 0 aliphatic rings. The Morgan fingerprint density at radius 2 is 1.35 bits per heavy atom. The summed E-state index contributed by atoms with van der Waals surface area (Å²) in [4.78, 5) is 12.2. The lowest BCUT2D eigenvalue weighted by atomic mass is 9.86. The minimum atomic E-state index is -4.95. The van der Waals surface area contributed by atoms with E-state index in [0.29, 0.717) is 17.7 Å². The quantitative estimate of drug-likeness (QED) is 0.312. The summed E-state index contributed by atoms with van der Waals surface area (Å²) in [5.41, 5.74) is -2.61. The molecule has 2 rings (SSSR count). The van der Waals surface area contributed by atoms with Gasteiger partial charge in [0.15, 0.2) is 10.9 Å². The van der Waals surface area contributed by atoms with E-state index in [2.05, 4.69) is 10.6 Å². The third-order valence-electron chi connectivity index (χ3n) is 4.20. The van der Waals surface area contributed by atoms with Gasteiger partial charge in [-0.05, 0) is 36.0 Å². The number of thiocarbonyl (C=S) groups is 1. The maximum Gasteiger partial charge on any atom is 0.416 e. The number of carbonyl (C=O) groups excluding carboxylic acids is 1. The molecule has 2 aromatic rings. The van der Waals surface area contributed by atoms with Crippen LogP contribution in [0.2, 0.25) is 0 Å². The zero-order chi connectivity index (χ0) is 23.6. The maximum absolute atomic E-state index is 12.9. The highest BCUT2D eigenvalue weighted by Crippen LogP contribution is 2.37. The SMILES string of the molecule is CC(C)(C)C(=O)c1ccc(CNC(=S)Nc2cc(C(F)(F)F)cc(C(F)(F)F)c2)cc1. The van der Waals surface area contributed by atoms with Gasteiger partial charge in [0.2, 0.25) is 0 Å². The van der Waals surface area contributed by atoms with Gasteiger partial charge in [-0.15, -0.1) is 0 Å². The van der Waals surface area contributed by atoms with Gasteiger partial charge in [0.05, 0.1) is 11.1 Å². The van der Waals surface area contributed by atoms with Gasteiger partial charge in [-0.25, -0.2) is 0 Å². The Kier molecular flexibility index (Phi) is 7.04. The van der Waals surface area contributed by atoms with Crippen LogP contribution in [0.1, 0.15) is 47.8 Å². The molecular formula is C21H20F6N2OS. The largest absolute Gasteiger partial charge is 0.416 e. The van der Waals surface area contributed by atoms with E-state index >= 15 is 0 Å². The van der Waals surface area contributed by atoms with E-state index in [0.717, 1.165) is 5.56 Å². The molecule has 0 heterocycles. The molecular weight excluding hydrogens is 442 g/mol. The molecule has 168 valence electrons. The second kappa shape index (κ2) is 8.86. The van der Waals surface area contributed by atoms with E-state index < -0.39 is 34.6 Å². The zero-order valence-corrected chi connectivity index (χ0v) is 17.6. The van der Waals surface area contributed by atoms with Crippen molar-refractivity contribution < 1.29 is 31.1 Å². The first-order chi connectivity index (χ1) is 14.1. The van der Waals surface area contributed by atoms with Crippen molar-refractivity contribution in [1.82, 2.24) is 5.32 Å². The molecule has 10 heteroatoms. The summed E-state index contributed by atoms with van der Waals surface area (Å²) >= 11 is 4.99. The topological polar surface area (TPSA) is 41.1 Å². The van der Waals surface area contributed by atoms with Gasteiger partial charge in [0.1, 0.15) is 0 Å². The molecule has 3 nitrogen and oxygen atoms in total. The Labute approximate surface area is 180 Å². The number of hydrogen-bond donors (Lipinski definition) is 2. The third kappa shape index (κ3) is 6.95. The van der Waals surface area contributed by atoms with Crippen molar-refractivity contribution in [3.8, 4) is 0 Å². The van der Waals surface area contributed by atoms with Crippen LogP contribution in [0.5, 0.6) is 0 Å². The summed E-state index contributed by atoms with van der Waals surface area (Å²) in [7, 11) is 0. The van der Waals surface area contributed by atoms with Crippen LogP contribution in [0.25, 0.3) is 0 Å². The van der Waals surface area contributed by atoms with Crippen molar-refractivity contribution in [2.24, 2.45) is 5.41 Å². The molecule has 0 aliphatic heterocycles. The van der Waals surface area contributed by atoms with E-state index in [4.69, 9.17) is 12.2 Å². The number of alkyl halides is 6. The fourth-order valence-electron chi connectivity index (χ4n) is 2.59. The summed E-state index contributed by atoms with van der Waals surface area (Å²) in [6.07, 6.45) is -9.89. The molecule has 0 spiro atoms. The van der Waals surface area contributed by atoms with Gasteiger partial charge in [0.25, 0.3) is 0 Å². The Balaban J connectivity index is 2.08. The van der Waals surface area contributed by atoms with Crippen LogP contribution in [0.4, 0.5) is 32.0 Å². The fourth-order valence-corrected chi connectivity index (χ4v) is 2.78. The van der Waals surface area contributed by atoms with Crippen molar-refractivity contribution in [2.45, 2.75) is 39.7 Å². The Hall–Kier alpha value is -2.62. The standard InChI is InChI=1S/C21H20F6N2OS/c1-19(2,3)17(30)13-6-4-12(5-7-13)11-28-18(31)29-16-9-14(20(22,23)24)8-15(10-16)21(25,26)27/h4-10H,11H2,1-3H3,(H2,28,29,31). The van der Waals surface area contributed by atoms with E-state index in [1.807, 2.05) is 0 Å². The van der Waals surface area contributed by atoms with Crippen molar-refractivity contribution in [3.63, 3.8) is 0 Å². The number of halogens is 6. The number of Topliss-reactive ketones (excluding diaryl/α,β-unsaturated/α-hetero) is 1. The van der Waals surface area contributed by atoms with Crippen LogP contribution in [0.15, 0.2) is 42.5 Å². The molecule has 0 aliphatic carbocycles. The van der Waals surface area contributed by atoms with Crippen molar-refractivity contribution in [3.05, 3.63) is 64.7 Å². The molecule has 2 aromatic carbocycles. The number of hydrogen-bond acceptors (Lipinski definition) is 2. The van der Waals surface area contributed by atoms with Crippen molar-refractivity contribution in [2.75, 3.05) is 5.32 Å². The van der Waals surface area contributed by atoms with Gasteiger partial charge in [0, 0.05) is 23.2 Å². The zero-order valence-electron chi connectivity index (χ0n) is 16.8. The summed E-state index contributed by atoms with van der Waals surface area (Å²) in [5, 5.41) is 4.92. The highest BCUT2D eigenvalue weighted by molar-refractivity contribution is 7.80. The Morgan fingerprint density at radius 3 is 1.77 bits per heavy atom. The van der Waals surface area contributed by atoms with Gasteiger partial charge in [-0.1, -0.05) is 45.0 Å². The molecule has 0 radical (unpaired) electrons. The minimum Gasteiger partial charge on any atom is -0.358 e. The number of nitrogens with one attached hydrogen (secondary N) is 2. The maximum atomic E-state index is 12.9. The smallest absolute Gasteiger partial charge is 0.358 e. The second-order valence-corrected chi connectivity index (χ2v) is 8.29. The molecule has 2 N–H and O–H groups in total. The van der Waals surface area contributed by atoms with Crippen LogP contribution < -0.4 is 10.6 Å². The summed E-state index contributed by atoms with van der Waals surface area (Å²) in [6, 6.07) is 7.79. The molecule has 0 fully saturated rings. The summed E-state index contributed by atoms with van der Waals surface area (Å²) in [6.45, 7) is 5.55. The first-order valence-electron chi connectivity index (χ1n) is 9.05. The highest BCUT2D eigenvalue weighted by Gasteiger charge is 2.37. The van der Waals surface area contributed by atoms with Crippen LogP contribution in [0, 0.1) is 5.41 Å². The number of rotatable bonds is 4. The van der Waals surface area contributed by atoms with Crippen LogP contribution >= 0.6 is 12.2 Å². The Bertz CT molecular complexity index is 928. The van der Waals surface area contributed by atoms with Gasteiger partial charge < -0.3 is 10.6 Å². The average Bonchev–Trinajstić information content (AvgIpc) is 2.64. The van der Waals surface area contributed by atoms with Crippen molar-refractivity contribution >= 4 is 28.8 Å². The fraction of sp³-hybridized carbons (Fsp3) is 0.333. The van der Waals surface area contributed by atoms with Gasteiger partial charge in [-0.3, -0.25) is 4.79 Å². The van der Waals surface area contributed by atoms with Crippen LogP contribution in [-0.2, 0) is 18.9 Å². The van der Waals surface area contributed by atoms with Crippen LogP contribution in [-0.4, -0.2) is 10.9 Å². The molecule has 0 saturated carbocycles. The first-order valence-corrected chi connectivity index (χ1v) is 9.46. The molecule has 0 saturated heterocycles. The first kappa shape index (κ1) is 24.6. The molecule has 0 amide bonds. The highest BCUT2D eigenvalue weighted by atomic mass is 32.1. The lowest BCUT2D eigenvalue weighted by Crippen LogP contribution is -2.28. The third-order valence-corrected chi connectivity index (χ3v) is 4.44. The van der Waals surface area contributed by atoms with Gasteiger partial charge >= 0.3 is 12.4 Å². The monoisotopic (exact) mass is 462 g/mol. The predicted molar refractivity (Wildman–Crippen MR) is 110 cm³/mol. The predicted octanol–water partition coefficient (Wildman–Crippen LogP) is 6.44. The number of carbonyl (C=O) groups is 1. The van der Waals surface area contributed by atoms with E-state index in [1.165, 1.54) is 0 Å². The molecule has 0 bridgehead atoms. The average molecular weight is 462 g/mol. The summed E-state index contributed by atoms with van der Waals surface area (Å²) in [5.74, 6) is -0.0331. The second-order valence-electron chi connectivity index (χ2n) is 7.88. The van der Waals surface area contributed by atoms with E-state index in [1.54, 1.807) is 45.0 Å². The lowest BCUT2D eigenvalue weighted by Gasteiger charge is -2.17. The normalized spacial score (nSPS) is 12.4. The molecule has 0 aromatic heterocycles. The lowest BCUT2D eigenvalue weighted by molar-refractivity contribution is -0.143. The minimum absolute atomic E-state index is 0.0331. The molecule has 0 atom stereocenters. The number of anilines is 1. The molecule has 0 unspecified atom stereocenters. The Morgan fingerprint density at radius 1 is 0.871 bits per heavy atom. The molecule has 31 heavy (non-hydrogen) atoms. The van der Waals surface area contributed by atoms with Crippen molar-refractivity contribution in [1.29, 1.82) is 0 Å². The van der Waals surface area contributed by atoms with E-state index in [-0.39, 0.29) is 23.5 Å². The number of ketones is 1.